The molecule has 0 spiro atoms. The molecule has 0 saturated carbocycles. The fourth-order valence-corrected chi connectivity index (χ4v) is 2.58. The second kappa shape index (κ2) is 7.52. The van der Waals surface area contributed by atoms with Crippen LogP contribution in [0, 0.1) is 0 Å². The lowest BCUT2D eigenvalue weighted by Gasteiger charge is -2.04. The second-order valence-corrected chi connectivity index (χ2v) is 5.85. The maximum Gasteiger partial charge on any atom is 0.235 e. The number of rotatable bonds is 3. The standard InChI is InChI=1S/C14H13N2O.C2H6O4S/c1-16-11-7-4-3-6-10(11)15-14-12(16)8-5-9-13(14)17-2;1-2-6-7(3,4)5/h3-9H,1-2H3;2H2,1H3,(H,3,4,5)/q+1;/p-1. The van der Waals surface area contributed by atoms with Gasteiger partial charge in [-0.1, -0.05) is 18.2 Å². The third-order valence-electron chi connectivity index (χ3n) is 3.30. The van der Waals surface area contributed by atoms with Crippen molar-refractivity contribution in [1.29, 1.82) is 0 Å². The fraction of sp³-hybridized carbons (Fsp3) is 0.250. The van der Waals surface area contributed by atoms with Crippen LogP contribution < -0.4 is 9.30 Å². The number of hydrogen-bond donors (Lipinski definition) is 0. The molecule has 0 unspecified atom stereocenters. The third-order valence-corrected chi connectivity index (χ3v) is 3.82. The average molecular weight is 350 g/mol. The summed E-state index contributed by atoms with van der Waals surface area (Å²) in [7, 11) is -0.705. The minimum absolute atomic E-state index is 0.0914. The number of benzene rings is 2. The van der Waals surface area contributed by atoms with Crippen molar-refractivity contribution in [3.05, 3.63) is 42.5 Å². The Morgan fingerprint density at radius 3 is 2.38 bits per heavy atom. The Hall–Kier alpha value is -2.29. The molecule has 8 heteroatoms. The largest absolute Gasteiger partial charge is 0.726 e. The van der Waals surface area contributed by atoms with Crippen molar-refractivity contribution in [3.8, 4) is 5.75 Å². The van der Waals surface area contributed by atoms with Crippen LogP contribution in [-0.2, 0) is 21.6 Å². The van der Waals surface area contributed by atoms with Crippen molar-refractivity contribution < 1.29 is 26.5 Å². The summed E-state index contributed by atoms with van der Waals surface area (Å²) in [5, 5.41) is 0. The Morgan fingerprint density at radius 2 is 1.79 bits per heavy atom. The molecule has 0 amide bonds. The summed E-state index contributed by atoms with van der Waals surface area (Å²) >= 11 is 0. The molecule has 128 valence electrons. The first-order chi connectivity index (χ1) is 11.4. The van der Waals surface area contributed by atoms with Gasteiger partial charge in [0.05, 0.1) is 13.7 Å². The minimum atomic E-state index is -4.42. The lowest BCUT2D eigenvalue weighted by molar-refractivity contribution is -0.617. The number of aryl methyl sites for hydroxylation is 1. The van der Waals surface area contributed by atoms with E-state index < -0.39 is 10.4 Å². The van der Waals surface area contributed by atoms with E-state index in [0.29, 0.717) is 0 Å². The Kier molecular flexibility index (Phi) is 5.66. The molecule has 0 bridgehead atoms. The van der Waals surface area contributed by atoms with E-state index in [-0.39, 0.29) is 6.61 Å². The van der Waals surface area contributed by atoms with E-state index in [1.165, 1.54) is 6.92 Å². The highest BCUT2D eigenvalue weighted by molar-refractivity contribution is 7.80. The van der Waals surface area contributed by atoms with Gasteiger partial charge in [0.25, 0.3) is 0 Å². The summed E-state index contributed by atoms with van der Waals surface area (Å²) in [6.45, 7) is 1.33. The number of nitrogens with zero attached hydrogens (tertiary/aromatic N) is 2. The number of aromatic nitrogens is 2. The smallest absolute Gasteiger partial charge is 0.235 e. The molecule has 2 aromatic carbocycles. The Morgan fingerprint density at radius 1 is 1.12 bits per heavy atom. The maximum absolute atomic E-state index is 9.45. The van der Waals surface area contributed by atoms with E-state index in [2.05, 4.69) is 25.9 Å². The van der Waals surface area contributed by atoms with Gasteiger partial charge in [-0.05, 0) is 19.1 Å². The van der Waals surface area contributed by atoms with Gasteiger partial charge in [0.1, 0.15) is 12.6 Å². The molecule has 0 aliphatic heterocycles. The van der Waals surface area contributed by atoms with Crippen LogP contribution in [0.3, 0.4) is 0 Å². The highest BCUT2D eigenvalue weighted by Gasteiger charge is 2.15. The van der Waals surface area contributed by atoms with Crippen LogP contribution >= 0.6 is 0 Å². The molecular formula is C16H18N2O5S. The molecule has 0 saturated heterocycles. The summed E-state index contributed by atoms with van der Waals surface area (Å²) in [5.74, 6) is 0.809. The lowest BCUT2D eigenvalue weighted by Crippen LogP contribution is -2.30. The maximum atomic E-state index is 9.45. The van der Waals surface area contributed by atoms with Gasteiger partial charge in [-0.2, -0.15) is 4.57 Å². The van der Waals surface area contributed by atoms with E-state index >= 15 is 0 Å². The summed E-state index contributed by atoms with van der Waals surface area (Å²) in [6.07, 6.45) is 0. The molecule has 24 heavy (non-hydrogen) atoms. The quantitative estimate of drug-likeness (QED) is 0.309. The number of fused-ring (bicyclic) bond motifs is 2. The first kappa shape index (κ1) is 18.1. The average Bonchev–Trinajstić information content (AvgIpc) is 2.54. The van der Waals surface area contributed by atoms with E-state index in [1.54, 1.807) is 7.11 Å². The SMILES string of the molecule is CCOS(=O)(=O)[O-].COc1cccc2c1nc1ccccc1[n+]2C. The van der Waals surface area contributed by atoms with Gasteiger partial charge < -0.3 is 9.29 Å². The molecule has 1 aromatic heterocycles. The molecule has 0 aliphatic rings. The molecule has 0 aliphatic carbocycles. The second-order valence-electron chi connectivity index (χ2n) is 4.80. The molecule has 0 fully saturated rings. The van der Waals surface area contributed by atoms with Crippen LogP contribution in [-0.4, -0.2) is 31.7 Å². The lowest BCUT2D eigenvalue weighted by atomic mass is 10.2. The molecular weight excluding hydrogens is 332 g/mol. The normalized spacial score (nSPS) is 11.2. The predicted octanol–water partition coefficient (Wildman–Crippen LogP) is 1.70. The first-order valence-electron chi connectivity index (χ1n) is 7.19. The molecule has 7 nitrogen and oxygen atoms in total. The Balaban J connectivity index is 0.000000256. The predicted molar refractivity (Wildman–Crippen MR) is 88.3 cm³/mol. The van der Waals surface area contributed by atoms with Crippen LogP contribution in [0.1, 0.15) is 6.92 Å². The van der Waals surface area contributed by atoms with E-state index in [4.69, 9.17) is 4.74 Å². The summed E-state index contributed by atoms with van der Waals surface area (Å²) in [6, 6.07) is 14.1. The van der Waals surface area contributed by atoms with Crippen molar-refractivity contribution >= 4 is 32.5 Å². The van der Waals surface area contributed by atoms with Gasteiger partial charge in [-0.25, -0.2) is 13.4 Å². The van der Waals surface area contributed by atoms with E-state index in [0.717, 1.165) is 27.8 Å². The number of ether oxygens (including phenoxy) is 1. The van der Waals surface area contributed by atoms with E-state index in [9.17, 15) is 13.0 Å². The van der Waals surface area contributed by atoms with Gasteiger partial charge in [-0.15, -0.1) is 0 Å². The molecule has 0 N–H and O–H groups in total. The van der Waals surface area contributed by atoms with Gasteiger partial charge in [0.2, 0.25) is 21.4 Å². The summed E-state index contributed by atoms with van der Waals surface area (Å²) < 4.78 is 39.5. The first-order valence-corrected chi connectivity index (χ1v) is 8.52. The molecule has 3 aromatic rings. The highest BCUT2D eigenvalue weighted by Crippen LogP contribution is 2.22. The van der Waals surface area contributed by atoms with E-state index in [1.807, 2.05) is 37.4 Å². The van der Waals surface area contributed by atoms with Crippen molar-refractivity contribution in [2.24, 2.45) is 7.05 Å². The zero-order valence-electron chi connectivity index (χ0n) is 13.6. The Bertz CT molecular complexity index is 957. The van der Waals surface area contributed by atoms with Crippen LogP contribution in [0.2, 0.25) is 0 Å². The van der Waals surface area contributed by atoms with Crippen molar-refractivity contribution in [3.63, 3.8) is 0 Å². The van der Waals surface area contributed by atoms with Gasteiger partial charge in [-0.3, -0.25) is 4.18 Å². The molecule has 0 atom stereocenters. The number of methoxy groups -OCH3 is 1. The summed E-state index contributed by atoms with van der Waals surface area (Å²) in [5.41, 5.74) is 4.07. The molecule has 0 radical (unpaired) electrons. The van der Waals surface area contributed by atoms with Crippen LogP contribution in [0.15, 0.2) is 42.5 Å². The zero-order valence-corrected chi connectivity index (χ0v) is 14.4. The van der Waals surface area contributed by atoms with Crippen molar-refractivity contribution in [2.45, 2.75) is 6.92 Å². The van der Waals surface area contributed by atoms with Crippen molar-refractivity contribution in [2.75, 3.05) is 13.7 Å². The van der Waals surface area contributed by atoms with Gasteiger partial charge in [0.15, 0.2) is 11.3 Å². The fourth-order valence-electron chi connectivity index (χ4n) is 2.30. The molecule has 3 rings (SSSR count). The highest BCUT2D eigenvalue weighted by atomic mass is 32.3. The zero-order chi connectivity index (χ0) is 17.7. The monoisotopic (exact) mass is 350 g/mol. The minimum Gasteiger partial charge on any atom is -0.726 e. The molecule has 1 heterocycles. The number of hydrogen-bond acceptors (Lipinski definition) is 6. The Labute approximate surface area is 140 Å². The van der Waals surface area contributed by atoms with Gasteiger partial charge >= 0.3 is 0 Å². The third kappa shape index (κ3) is 4.16. The van der Waals surface area contributed by atoms with Crippen molar-refractivity contribution in [1.82, 2.24) is 4.98 Å². The van der Waals surface area contributed by atoms with Crippen LogP contribution in [0.25, 0.3) is 22.1 Å². The number of para-hydroxylation sites is 3. The van der Waals surface area contributed by atoms with Crippen LogP contribution in [0.5, 0.6) is 5.75 Å². The topological polar surface area (TPSA) is 92.4 Å². The summed E-state index contributed by atoms with van der Waals surface area (Å²) in [4.78, 5) is 4.66. The van der Waals surface area contributed by atoms with Gasteiger partial charge in [0, 0.05) is 12.1 Å². The van der Waals surface area contributed by atoms with Crippen LogP contribution in [0.4, 0.5) is 0 Å².